The summed E-state index contributed by atoms with van der Waals surface area (Å²) in [6.45, 7) is 1.22. The number of carboxylic acid groups (broad SMARTS) is 1. The lowest BCUT2D eigenvalue weighted by atomic mass is 10.2. The SMILES string of the molecule is C#CCN(CCCCCO)CC(=O)O. The summed E-state index contributed by atoms with van der Waals surface area (Å²) in [7, 11) is 0. The van der Waals surface area contributed by atoms with Crippen LogP contribution in [0.1, 0.15) is 19.3 Å². The van der Waals surface area contributed by atoms with E-state index in [0.29, 0.717) is 13.1 Å². The molecule has 0 heterocycles. The average molecular weight is 199 g/mol. The second kappa shape index (κ2) is 8.54. The maximum atomic E-state index is 10.4. The molecule has 4 nitrogen and oxygen atoms in total. The predicted molar refractivity (Wildman–Crippen MR) is 53.8 cm³/mol. The van der Waals surface area contributed by atoms with Gasteiger partial charge in [-0.1, -0.05) is 5.92 Å². The van der Waals surface area contributed by atoms with Gasteiger partial charge in [0.05, 0.1) is 13.1 Å². The molecule has 0 rings (SSSR count). The number of terminal acetylenes is 1. The van der Waals surface area contributed by atoms with Crippen LogP contribution in [0.3, 0.4) is 0 Å². The highest BCUT2D eigenvalue weighted by Crippen LogP contribution is 1.97. The summed E-state index contributed by atoms with van der Waals surface area (Å²) in [5, 5.41) is 17.1. The van der Waals surface area contributed by atoms with E-state index in [1.165, 1.54) is 0 Å². The molecule has 0 aromatic heterocycles. The van der Waals surface area contributed by atoms with Crippen LogP contribution in [-0.4, -0.2) is 47.3 Å². The number of hydrogen-bond acceptors (Lipinski definition) is 3. The molecule has 0 saturated carbocycles. The minimum absolute atomic E-state index is 0.0106. The molecule has 0 aliphatic rings. The summed E-state index contributed by atoms with van der Waals surface area (Å²) in [5.74, 6) is 1.57. The van der Waals surface area contributed by atoms with Crippen molar-refractivity contribution in [1.29, 1.82) is 0 Å². The summed E-state index contributed by atoms with van der Waals surface area (Å²) in [6.07, 6.45) is 7.64. The normalized spacial score (nSPS) is 10.1. The van der Waals surface area contributed by atoms with E-state index in [0.717, 1.165) is 19.3 Å². The Hall–Kier alpha value is -1.05. The molecule has 2 N–H and O–H groups in total. The average Bonchev–Trinajstić information content (AvgIpc) is 2.12. The van der Waals surface area contributed by atoms with Crippen molar-refractivity contribution in [2.24, 2.45) is 0 Å². The van der Waals surface area contributed by atoms with E-state index in [2.05, 4.69) is 5.92 Å². The van der Waals surface area contributed by atoms with Crippen molar-refractivity contribution in [3.05, 3.63) is 0 Å². The topological polar surface area (TPSA) is 60.8 Å². The third-order valence-electron chi connectivity index (χ3n) is 1.81. The fourth-order valence-electron chi connectivity index (χ4n) is 1.16. The van der Waals surface area contributed by atoms with E-state index in [4.69, 9.17) is 16.6 Å². The summed E-state index contributed by atoms with van der Waals surface area (Å²) in [6, 6.07) is 0. The van der Waals surface area contributed by atoms with Crippen LogP contribution in [0.5, 0.6) is 0 Å². The van der Waals surface area contributed by atoms with Gasteiger partial charge >= 0.3 is 5.97 Å². The van der Waals surface area contributed by atoms with Crippen LogP contribution < -0.4 is 0 Å². The van der Waals surface area contributed by atoms with Crippen LogP contribution in [0.2, 0.25) is 0 Å². The standard InChI is InChI=1S/C10H17NO3/c1-2-6-11(9-10(13)14)7-4-3-5-8-12/h1,12H,3-9H2,(H,13,14). The van der Waals surface area contributed by atoms with Gasteiger partial charge in [0.25, 0.3) is 0 Å². The van der Waals surface area contributed by atoms with Gasteiger partial charge in [-0.25, -0.2) is 0 Å². The molecule has 0 saturated heterocycles. The van der Waals surface area contributed by atoms with Gasteiger partial charge < -0.3 is 10.2 Å². The highest BCUT2D eigenvalue weighted by Gasteiger charge is 2.07. The van der Waals surface area contributed by atoms with Gasteiger partial charge in [-0.15, -0.1) is 6.42 Å². The van der Waals surface area contributed by atoms with Gasteiger partial charge in [0.2, 0.25) is 0 Å². The van der Waals surface area contributed by atoms with Crippen LogP contribution in [0.4, 0.5) is 0 Å². The van der Waals surface area contributed by atoms with Gasteiger partial charge in [0.15, 0.2) is 0 Å². The van der Waals surface area contributed by atoms with E-state index < -0.39 is 5.97 Å². The Balaban J connectivity index is 3.63. The van der Waals surface area contributed by atoms with E-state index in [1.807, 2.05) is 0 Å². The Morgan fingerprint density at radius 3 is 2.57 bits per heavy atom. The van der Waals surface area contributed by atoms with Gasteiger partial charge in [-0.3, -0.25) is 9.69 Å². The molecule has 80 valence electrons. The minimum Gasteiger partial charge on any atom is -0.480 e. The van der Waals surface area contributed by atoms with Crippen molar-refractivity contribution in [3.63, 3.8) is 0 Å². The molecule has 4 heteroatoms. The Kier molecular flexibility index (Phi) is 7.90. The predicted octanol–water partition coefficient (Wildman–Crippen LogP) is 0.169. The molecule has 0 amide bonds. The Morgan fingerprint density at radius 2 is 2.07 bits per heavy atom. The second-order valence-electron chi connectivity index (χ2n) is 3.09. The van der Waals surface area contributed by atoms with Crippen molar-refractivity contribution in [1.82, 2.24) is 4.90 Å². The molecular weight excluding hydrogens is 182 g/mol. The van der Waals surface area contributed by atoms with Crippen LogP contribution in [0.15, 0.2) is 0 Å². The van der Waals surface area contributed by atoms with Crippen molar-refractivity contribution >= 4 is 5.97 Å². The molecule has 0 spiro atoms. The van der Waals surface area contributed by atoms with E-state index in [1.54, 1.807) is 4.90 Å². The summed E-state index contributed by atoms with van der Waals surface area (Å²) < 4.78 is 0. The quantitative estimate of drug-likeness (QED) is 0.432. The Bertz CT molecular complexity index is 198. The van der Waals surface area contributed by atoms with Crippen molar-refractivity contribution < 1.29 is 15.0 Å². The molecule has 0 aliphatic heterocycles. The molecule has 0 radical (unpaired) electrons. The maximum absolute atomic E-state index is 10.4. The third kappa shape index (κ3) is 7.59. The summed E-state index contributed by atoms with van der Waals surface area (Å²) >= 11 is 0. The van der Waals surface area contributed by atoms with E-state index >= 15 is 0 Å². The van der Waals surface area contributed by atoms with Gasteiger partial charge in [-0.05, 0) is 25.8 Å². The monoisotopic (exact) mass is 199 g/mol. The number of aliphatic hydroxyl groups is 1. The highest BCUT2D eigenvalue weighted by molar-refractivity contribution is 5.69. The van der Waals surface area contributed by atoms with E-state index in [9.17, 15) is 4.79 Å². The number of hydrogen-bond donors (Lipinski definition) is 2. The van der Waals surface area contributed by atoms with Crippen molar-refractivity contribution in [2.45, 2.75) is 19.3 Å². The molecule has 14 heavy (non-hydrogen) atoms. The van der Waals surface area contributed by atoms with Crippen LogP contribution in [0.25, 0.3) is 0 Å². The van der Waals surface area contributed by atoms with Crippen LogP contribution >= 0.6 is 0 Å². The van der Waals surface area contributed by atoms with Crippen molar-refractivity contribution in [3.8, 4) is 12.3 Å². The highest BCUT2D eigenvalue weighted by atomic mass is 16.4. The lowest BCUT2D eigenvalue weighted by Crippen LogP contribution is -2.31. The number of carbonyl (C=O) groups is 1. The van der Waals surface area contributed by atoms with Crippen LogP contribution in [0, 0.1) is 12.3 Å². The minimum atomic E-state index is -0.859. The molecule has 0 unspecified atom stereocenters. The summed E-state index contributed by atoms with van der Waals surface area (Å²) in [4.78, 5) is 12.1. The maximum Gasteiger partial charge on any atom is 0.317 e. The lowest BCUT2D eigenvalue weighted by molar-refractivity contribution is -0.138. The van der Waals surface area contributed by atoms with Crippen molar-refractivity contribution in [2.75, 3.05) is 26.2 Å². The zero-order chi connectivity index (χ0) is 10.8. The molecular formula is C10H17NO3. The fourth-order valence-corrected chi connectivity index (χ4v) is 1.16. The fraction of sp³-hybridized carbons (Fsp3) is 0.700. The number of rotatable bonds is 8. The number of aliphatic carboxylic acids is 1. The smallest absolute Gasteiger partial charge is 0.317 e. The number of nitrogens with zero attached hydrogens (tertiary/aromatic N) is 1. The Morgan fingerprint density at radius 1 is 1.36 bits per heavy atom. The molecule has 0 fully saturated rings. The van der Waals surface area contributed by atoms with Gasteiger partial charge in [0, 0.05) is 6.61 Å². The largest absolute Gasteiger partial charge is 0.480 e. The molecule has 0 aromatic carbocycles. The summed E-state index contributed by atoms with van der Waals surface area (Å²) in [5.41, 5.74) is 0. The first-order valence-electron chi connectivity index (χ1n) is 4.69. The zero-order valence-electron chi connectivity index (χ0n) is 8.28. The Labute approximate surface area is 84.5 Å². The molecule has 0 aromatic rings. The van der Waals surface area contributed by atoms with Gasteiger partial charge in [0.1, 0.15) is 0 Å². The van der Waals surface area contributed by atoms with E-state index in [-0.39, 0.29) is 13.2 Å². The molecule has 0 atom stereocenters. The first-order valence-corrected chi connectivity index (χ1v) is 4.69. The molecule has 0 aliphatic carbocycles. The first-order chi connectivity index (χ1) is 6.70. The first kappa shape index (κ1) is 12.9. The van der Waals surface area contributed by atoms with Gasteiger partial charge in [-0.2, -0.15) is 0 Å². The number of aliphatic hydroxyl groups excluding tert-OH is 1. The van der Waals surface area contributed by atoms with Crippen LogP contribution in [-0.2, 0) is 4.79 Å². The molecule has 0 bridgehead atoms. The number of carboxylic acids is 1. The number of unbranched alkanes of at least 4 members (excludes halogenated alkanes) is 2. The lowest BCUT2D eigenvalue weighted by Gasteiger charge is -2.16. The second-order valence-corrected chi connectivity index (χ2v) is 3.09. The third-order valence-corrected chi connectivity index (χ3v) is 1.81. The zero-order valence-corrected chi connectivity index (χ0v) is 8.28.